The smallest absolute Gasteiger partial charge is 0.174 e. The highest BCUT2D eigenvalue weighted by Crippen LogP contribution is 2.31. The number of halogens is 3. The minimum absolute atomic E-state index is 0.0601. The van der Waals surface area contributed by atoms with E-state index in [1.807, 2.05) is 6.07 Å². The first kappa shape index (κ1) is 16.6. The predicted molar refractivity (Wildman–Crippen MR) is 89.2 cm³/mol. The van der Waals surface area contributed by atoms with Crippen LogP contribution in [-0.2, 0) is 12.8 Å². The maximum absolute atomic E-state index is 14.7. The number of fused-ring (bicyclic) bond motifs is 1. The normalized spacial score (nSPS) is 16.2. The molecule has 0 amide bonds. The molecule has 0 saturated heterocycles. The van der Waals surface area contributed by atoms with Gasteiger partial charge in [-0.1, -0.05) is 43.7 Å². The Labute approximate surface area is 140 Å². The van der Waals surface area contributed by atoms with Gasteiger partial charge in [0.2, 0.25) is 0 Å². The van der Waals surface area contributed by atoms with E-state index in [0.717, 1.165) is 42.9 Å². The first-order chi connectivity index (χ1) is 11.6. The van der Waals surface area contributed by atoms with Gasteiger partial charge in [-0.2, -0.15) is 0 Å². The Kier molecular flexibility index (Phi) is 4.94. The Morgan fingerprint density at radius 1 is 1.00 bits per heavy atom. The Hall–Kier alpha value is -2.21. The molecule has 0 spiro atoms. The summed E-state index contributed by atoms with van der Waals surface area (Å²) in [5.41, 5.74) is 1.97. The summed E-state index contributed by atoms with van der Waals surface area (Å²) in [5, 5.41) is 0. The third kappa shape index (κ3) is 3.33. The second kappa shape index (κ2) is 7.13. The summed E-state index contributed by atoms with van der Waals surface area (Å²) < 4.78 is 41.5. The van der Waals surface area contributed by atoms with Crippen molar-refractivity contribution in [2.24, 2.45) is 5.92 Å². The first-order valence-corrected chi connectivity index (χ1v) is 8.36. The Bertz CT molecular complexity index is 812. The van der Waals surface area contributed by atoms with E-state index in [1.54, 1.807) is 6.07 Å². The van der Waals surface area contributed by atoms with Gasteiger partial charge in [-0.25, -0.2) is 13.2 Å². The maximum atomic E-state index is 14.7. The van der Waals surface area contributed by atoms with Crippen molar-refractivity contribution in [3.05, 3.63) is 70.0 Å². The van der Waals surface area contributed by atoms with Crippen molar-refractivity contribution in [1.29, 1.82) is 0 Å². The van der Waals surface area contributed by atoms with Crippen LogP contribution in [0.15, 0.2) is 30.3 Å². The zero-order valence-electron chi connectivity index (χ0n) is 13.6. The van der Waals surface area contributed by atoms with Gasteiger partial charge in [-0.3, -0.25) is 0 Å². The summed E-state index contributed by atoms with van der Waals surface area (Å²) in [5.74, 6) is 3.56. The lowest BCUT2D eigenvalue weighted by Gasteiger charge is -2.25. The molecular weight excluding hydrogens is 309 g/mol. The molecule has 2 aromatic carbocycles. The Morgan fingerprint density at radius 3 is 2.50 bits per heavy atom. The lowest BCUT2D eigenvalue weighted by atomic mass is 9.81. The molecule has 1 aliphatic rings. The van der Waals surface area contributed by atoms with Crippen LogP contribution in [0.5, 0.6) is 0 Å². The number of benzene rings is 2. The van der Waals surface area contributed by atoms with Gasteiger partial charge in [0.15, 0.2) is 11.6 Å². The molecule has 0 nitrogen and oxygen atoms in total. The lowest BCUT2D eigenvalue weighted by molar-refractivity contribution is 0.414. The highest BCUT2D eigenvalue weighted by Gasteiger charge is 2.21. The summed E-state index contributed by atoms with van der Waals surface area (Å²) in [6.45, 7) is 2.17. The zero-order valence-corrected chi connectivity index (χ0v) is 13.6. The second-order valence-corrected chi connectivity index (χ2v) is 6.31. The minimum atomic E-state index is -0.995. The second-order valence-electron chi connectivity index (χ2n) is 6.31. The molecule has 0 radical (unpaired) electrons. The molecule has 0 fully saturated rings. The average Bonchev–Trinajstić information content (AvgIpc) is 2.58. The van der Waals surface area contributed by atoms with E-state index in [0.29, 0.717) is 5.92 Å². The van der Waals surface area contributed by atoms with Crippen molar-refractivity contribution in [2.75, 3.05) is 0 Å². The molecule has 1 unspecified atom stereocenters. The molecule has 0 N–H and O–H groups in total. The van der Waals surface area contributed by atoms with Crippen molar-refractivity contribution in [3.8, 4) is 11.8 Å². The Morgan fingerprint density at radius 2 is 1.75 bits per heavy atom. The fourth-order valence-electron chi connectivity index (χ4n) is 3.37. The molecule has 0 heterocycles. The molecule has 0 aromatic heterocycles. The van der Waals surface area contributed by atoms with Crippen molar-refractivity contribution < 1.29 is 13.2 Å². The van der Waals surface area contributed by atoms with Crippen LogP contribution in [-0.4, -0.2) is 0 Å². The van der Waals surface area contributed by atoms with E-state index >= 15 is 0 Å². The van der Waals surface area contributed by atoms with Crippen LogP contribution in [0.2, 0.25) is 0 Å². The van der Waals surface area contributed by atoms with E-state index in [2.05, 4.69) is 18.8 Å². The van der Waals surface area contributed by atoms with Crippen LogP contribution in [0.1, 0.15) is 48.4 Å². The van der Waals surface area contributed by atoms with Crippen LogP contribution < -0.4 is 0 Å². The molecule has 3 rings (SSSR count). The predicted octanol–water partition coefficient (Wildman–Crippen LogP) is 5.41. The highest BCUT2D eigenvalue weighted by atomic mass is 19.2. The van der Waals surface area contributed by atoms with Crippen LogP contribution >= 0.6 is 0 Å². The molecule has 1 aliphatic carbocycles. The molecule has 1 atom stereocenters. The quantitative estimate of drug-likeness (QED) is 0.647. The van der Waals surface area contributed by atoms with Crippen molar-refractivity contribution in [1.82, 2.24) is 0 Å². The summed E-state index contributed by atoms with van der Waals surface area (Å²) in [4.78, 5) is 0. The third-order valence-corrected chi connectivity index (χ3v) is 4.63. The average molecular weight is 328 g/mol. The summed E-state index contributed by atoms with van der Waals surface area (Å²) >= 11 is 0. The Balaban J connectivity index is 1.90. The summed E-state index contributed by atoms with van der Waals surface area (Å²) in [6, 6.07) is 7.38. The molecule has 0 bridgehead atoms. The number of rotatable bonds is 2. The fourth-order valence-corrected chi connectivity index (χ4v) is 3.37. The van der Waals surface area contributed by atoms with Crippen LogP contribution in [0, 0.1) is 35.2 Å². The van der Waals surface area contributed by atoms with Gasteiger partial charge in [0.1, 0.15) is 5.82 Å². The van der Waals surface area contributed by atoms with Gasteiger partial charge >= 0.3 is 0 Å². The van der Waals surface area contributed by atoms with Crippen LogP contribution in [0.4, 0.5) is 13.2 Å². The van der Waals surface area contributed by atoms with Crippen molar-refractivity contribution >= 4 is 0 Å². The highest BCUT2D eigenvalue weighted by molar-refractivity contribution is 5.48. The van der Waals surface area contributed by atoms with Crippen LogP contribution in [0.25, 0.3) is 0 Å². The number of hydrogen-bond donors (Lipinski definition) is 0. The van der Waals surface area contributed by atoms with E-state index in [9.17, 15) is 13.2 Å². The SMILES string of the molecule is CCCC1CCc2c(ccc(C#Cc3cccc(F)c3F)c2F)C1. The largest absolute Gasteiger partial charge is 0.205 e. The minimum Gasteiger partial charge on any atom is -0.205 e. The topological polar surface area (TPSA) is 0 Å². The van der Waals surface area contributed by atoms with Gasteiger partial charge in [-0.05, 0) is 54.5 Å². The van der Waals surface area contributed by atoms with Gasteiger partial charge in [-0.15, -0.1) is 0 Å². The standard InChI is InChI=1S/C21H19F3/c1-2-4-14-7-12-18-17(13-14)11-10-16(20(18)23)9-8-15-5-3-6-19(22)21(15)24/h3,5-6,10-11,14H,2,4,7,12-13H2,1H3. The van der Waals surface area contributed by atoms with E-state index in [4.69, 9.17) is 0 Å². The van der Waals surface area contributed by atoms with Gasteiger partial charge < -0.3 is 0 Å². The van der Waals surface area contributed by atoms with Crippen molar-refractivity contribution in [3.63, 3.8) is 0 Å². The molecule has 0 aliphatic heterocycles. The van der Waals surface area contributed by atoms with E-state index in [1.165, 1.54) is 18.6 Å². The lowest BCUT2D eigenvalue weighted by Crippen LogP contribution is -2.16. The zero-order chi connectivity index (χ0) is 17.1. The molecule has 3 heteroatoms. The summed E-state index contributed by atoms with van der Waals surface area (Å²) in [7, 11) is 0. The monoisotopic (exact) mass is 328 g/mol. The van der Waals surface area contributed by atoms with E-state index in [-0.39, 0.29) is 16.9 Å². The van der Waals surface area contributed by atoms with Gasteiger partial charge in [0.25, 0.3) is 0 Å². The molecule has 0 saturated carbocycles. The third-order valence-electron chi connectivity index (χ3n) is 4.63. The summed E-state index contributed by atoms with van der Waals surface area (Å²) in [6.07, 6.45) is 4.93. The first-order valence-electron chi connectivity index (χ1n) is 8.36. The fraction of sp³-hybridized carbons (Fsp3) is 0.333. The van der Waals surface area contributed by atoms with Crippen molar-refractivity contribution in [2.45, 2.75) is 39.0 Å². The van der Waals surface area contributed by atoms with Gasteiger partial charge in [0, 0.05) is 0 Å². The van der Waals surface area contributed by atoms with Crippen LogP contribution in [0.3, 0.4) is 0 Å². The molecular formula is C21H19F3. The number of hydrogen-bond acceptors (Lipinski definition) is 0. The molecule has 124 valence electrons. The molecule has 24 heavy (non-hydrogen) atoms. The van der Waals surface area contributed by atoms with E-state index < -0.39 is 11.6 Å². The maximum Gasteiger partial charge on any atom is 0.174 e. The van der Waals surface area contributed by atoms with Gasteiger partial charge in [0.05, 0.1) is 11.1 Å². The molecule has 2 aromatic rings.